The molecule has 0 aromatic carbocycles. The summed E-state index contributed by atoms with van der Waals surface area (Å²) >= 11 is 0. The minimum Gasteiger partial charge on any atom is -0.295 e. The molecule has 0 atom stereocenters. The van der Waals surface area contributed by atoms with Gasteiger partial charge in [0.1, 0.15) is 0 Å². The second-order valence-electron chi connectivity index (χ2n) is 4.11. The fourth-order valence-electron chi connectivity index (χ4n) is 1.38. The standard InChI is InChI=1S/C17H22O/c1-3-4-5-6-7-8-9-10-11-12-13-14-15-16-17(2)18/h3,15-16H,1,4-10H2,2H3/b16-15-. The molecule has 0 aliphatic heterocycles. The van der Waals surface area contributed by atoms with E-state index < -0.39 is 0 Å². The van der Waals surface area contributed by atoms with Gasteiger partial charge in [0.05, 0.1) is 0 Å². The lowest BCUT2D eigenvalue weighted by molar-refractivity contribution is -0.112. The lowest BCUT2D eigenvalue weighted by Gasteiger charge is -1.96. The predicted molar refractivity (Wildman–Crippen MR) is 77.9 cm³/mol. The number of carbonyl (C=O) groups is 1. The first kappa shape index (κ1) is 16.3. The van der Waals surface area contributed by atoms with Crippen LogP contribution in [0.25, 0.3) is 0 Å². The van der Waals surface area contributed by atoms with Crippen LogP contribution in [-0.4, -0.2) is 5.78 Å². The van der Waals surface area contributed by atoms with Crippen molar-refractivity contribution in [1.82, 2.24) is 0 Å². The molecule has 0 spiro atoms. The maximum atomic E-state index is 10.5. The van der Waals surface area contributed by atoms with Gasteiger partial charge in [-0.2, -0.15) is 0 Å². The van der Waals surface area contributed by atoms with Gasteiger partial charge in [-0.15, -0.1) is 6.58 Å². The van der Waals surface area contributed by atoms with E-state index in [0.717, 1.165) is 19.3 Å². The van der Waals surface area contributed by atoms with Gasteiger partial charge >= 0.3 is 0 Å². The smallest absolute Gasteiger partial charge is 0.153 e. The molecule has 0 aromatic rings. The Labute approximate surface area is 111 Å². The number of carbonyl (C=O) groups excluding carboxylic acids is 1. The molecule has 0 saturated heterocycles. The van der Waals surface area contributed by atoms with E-state index in [1.54, 1.807) is 0 Å². The predicted octanol–water partition coefficient (Wildman–Crippen LogP) is 4.06. The molecule has 0 aliphatic rings. The molecule has 0 aromatic heterocycles. The maximum Gasteiger partial charge on any atom is 0.153 e. The third kappa shape index (κ3) is 14.3. The van der Waals surface area contributed by atoms with Crippen LogP contribution in [-0.2, 0) is 4.79 Å². The average Bonchev–Trinajstić information content (AvgIpc) is 2.34. The highest BCUT2D eigenvalue weighted by atomic mass is 16.1. The van der Waals surface area contributed by atoms with E-state index in [1.165, 1.54) is 44.8 Å². The Balaban J connectivity index is 3.44. The van der Waals surface area contributed by atoms with Gasteiger partial charge in [-0.1, -0.05) is 37.2 Å². The zero-order chi connectivity index (χ0) is 13.5. The van der Waals surface area contributed by atoms with Crippen LogP contribution in [0.3, 0.4) is 0 Å². The van der Waals surface area contributed by atoms with Crippen LogP contribution in [0.15, 0.2) is 24.8 Å². The van der Waals surface area contributed by atoms with Crippen molar-refractivity contribution < 1.29 is 4.79 Å². The molecule has 0 bridgehead atoms. The third-order valence-corrected chi connectivity index (χ3v) is 2.33. The summed E-state index contributed by atoms with van der Waals surface area (Å²) < 4.78 is 0. The summed E-state index contributed by atoms with van der Waals surface area (Å²) in [6.07, 6.45) is 13.2. The van der Waals surface area contributed by atoms with Crippen molar-refractivity contribution in [3.63, 3.8) is 0 Å². The summed E-state index contributed by atoms with van der Waals surface area (Å²) in [7, 11) is 0. The molecule has 0 heterocycles. The number of hydrogen-bond acceptors (Lipinski definition) is 1. The molecule has 0 radical (unpaired) electrons. The first-order valence-corrected chi connectivity index (χ1v) is 6.53. The number of hydrogen-bond donors (Lipinski definition) is 0. The Morgan fingerprint density at radius 3 is 2.56 bits per heavy atom. The van der Waals surface area contributed by atoms with Crippen LogP contribution >= 0.6 is 0 Å². The summed E-state index contributed by atoms with van der Waals surface area (Å²) in [5.74, 6) is 11.2. The summed E-state index contributed by atoms with van der Waals surface area (Å²) in [6, 6.07) is 0. The summed E-state index contributed by atoms with van der Waals surface area (Å²) in [5, 5.41) is 0. The van der Waals surface area contributed by atoms with Gasteiger partial charge in [0.25, 0.3) is 0 Å². The van der Waals surface area contributed by atoms with E-state index in [1.807, 2.05) is 6.08 Å². The average molecular weight is 242 g/mol. The molecule has 18 heavy (non-hydrogen) atoms. The van der Waals surface area contributed by atoms with Crippen LogP contribution in [0.5, 0.6) is 0 Å². The number of allylic oxidation sites excluding steroid dienone is 3. The minimum absolute atomic E-state index is 0.00807. The van der Waals surface area contributed by atoms with Gasteiger partial charge in [-0.3, -0.25) is 4.79 Å². The Morgan fingerprint density at radius 2 is 1.83 bits per heavy atom. The normalized spacial score (nSPS) is 9.17. The molecule has 0 saturated carbocycles. The van der Waals surface area contributed by atoms with Gasteiger partial charge in [-0.05, 0) is 50.2 Å². The van der Waals surface area contributed by atoms with E-state index in [9.17, 15) is 4.79 Å². The van der Waals surface area contributed by atoms with Crippen molar-refractivity contribution in [2.45, 2.75) is 51.9 Å². The van der Waals surface area contributed by atoms with Crippen LogP contribution < -0.4 is 0 Å². The van der Waals surface area contributed by atoms with Crippen LogP contribution in [0.1, 0.15) is 51.9 Å². The highest BCUT2D eigenvalue weighted by Crippen LogP contribution is 2.06. The monoisotopic (exact) mass is 242 g/mol. The fraction of sp³-hybridized carbons (Fsp3) is 0.471. The Hall–Kier alpha value is -1.73. The first-order chi connectivity index (χ1) is 8.77. The molecule has 0 aliphatic carbocycles. The number of unbranched alkanes of at least 4 members (excludes halogenated alkanes) is 6. The lowest BCUT2D eigenvalue weighted by atomic mass is 10.1. The molecule has 1 nitrogen and oxygen atoms in total. The molecule has 1 heteroatoms. The van der Waals surface area contributed by atoms with E-state index in [4.69, 9.17) is 0 Å². The van der Waals surface area contributed by atoms with Crippen LogP contribution in [0, 0.1) is 23.7 Å². The molecular weight excluding hydrogens is 220 g/mol. The maximum absolute atomic E-state index is 10.5. The Morgan fingerprint density at radius 1 is 1.11 bits per heavy atom. The zero-order valence-corrected chi connectivity index (χ0v) is 11.3. The van der Waals surface area contributed by atoms with Crippen molar-refractivity contribution in [3.05, 3.63) is 24.8 Å². The van der Waals surface area contributed by atoms with Gasteiger partial charge < -0.3 is 0 Å². The van der Waals surface area contributed by atoms with E-state index in [2.05, 4.69) is 30.3 Å². The minimum atomic E-state index is 0.00807. The molecule has 0 rings (SSSR count). The van der Waals surface area contributed by atoms with Crippen molar-refractivity contribution in [1.29, 1.82) is 0 Å². The molecule has 0 N–H and O–H groups in total. The highest BCUT2D eigenvalue weighted by Gasteiger charge is 1.87. The van der Waals surface area contributed by atoms with Gasteiger partial charge in [0.2, 0.25) is 0 Å². The van der Waals surface area contributed by atoms with Crippen LogP contribution in [0.4, 0.5) is 0 Å². The molecule has 0 amide bonds. The van der Waals surface area contributed by atoms with Crippen molar-refractivity contribution in [2.24, 2.45) is 0 Å². The lowest BCUT2D eigenvalue weighted by Crippen LogP contribution is -1.78. The largest absolute Gasteiger partial charge is 0.295 e. The third-order valence-electron chi connectivity index (χ3n) is 2.33. The Bertz CT molecular complexity index is 379. The zero-order valence-electron chi connectivity index (χ0n) is 11.3. The quantitative estimate of drug-likeness (QED) is 0.271. The van der Waals surface area contributed by atoms with Crippen LogP contribution in [0.2, 0.25) is 0 Å². The second-order valence-corrected chi connectivity index (χ2v) is 4.11. The fourth-order valence-corrected chi connectivity index (χ4v) is 1.38. The molecular formula is C17H22O. The topological polar surface area (TPSA) is 17.1 Å². The van der Waals surface area contributed by atoms with Gasteiger partial charge in [0.15, 0.2) is 5.78 Å². The van der Waals surface area contributed by atoms with E-state index >= 15 is 0 Å². The summed E-state index contributed by atoms with van der Waals surface area (Å²) in [4.78, 5) is 10.5. The van der Waals surface area contributed by atoms with E-state index in [0.29, 0.717) is 0 Å². The molecule has 0 unspecified atom stereocenters. The van der Waals surface area contributed by atoms with Crippen molar-refractivity contribution >= 4 is 5.78 Å². The first-order valence-electron chi connectivity index (χ1n) is 6.53. The number of ketones is 1. The number of rotatable bonds is 8. The van der Waals surface area contributed by atoms with Crippen molar-refractivity contribution in [3.8, 4) is 23.7 Å². The van der Waals surface area contributed by atoms with Gasteiger partial charge in [-0.25, -0.2) is 0 Å². The SMILES string of the molecule is C=CCCCCCCCC#CC#C/C=C\C(C)=O. The molecule has 96 valence electrons. The highest BCUT2D eigenvalue weighted by molar-refractivity contribution is 5.87. The van der Waals surface area contributed by atoms with Gasteiger partial charge in [0, 0.05) is 6.42 Å². The van der Waals surface area contributed by atoms with E-state index in [-0.39, 0.29) is 5.78 Å². The summed E-state index contributed by atoms with van der Waals surface area (Å²) in [5.41, 5.74) is 0. The van der Waals surface area contributed by atoms with Crippen molar-refractivity contribution in [2.75, 3.05) is 0 Å². The Kier molecular flexibility index (Phi) is 12.1. The summed E-state index contributed by atoms with van der Waals surface area (Å²) in [6.45, 7) is 5.20. The molecule has 0 fully saturated rings. The second kappa shape index (κ2) is 13.3.